The van der Waals surface area contributed by atoms with E-state index >= 15 is 0 Å². The molecule has 0 saturated carbocycles. The number of nitrogens with zero attached hydrogens (tertiary/aromatic N) is 2. The first-order chi connectivity index (χ1) is 14.2. The van der Waals surface area contributed by atoms with Crippen molar-refractivity contribution in [2.24, 2.45) is 0 Å². The molecule has 0 aromatic heterocycles. The molecule has 0 N–H and O–H groups in total. The summed E-state index contributed by atoms with van der Waals surface area (Å²) in [6.07, 6.45) is 16.6. The van der Waals surface area contributed by atoms with E-state index in [-0.39, 0.29) is 7.25 Å². The summed E-state index contributed by atoms with van der Waals surface area (Å²) in [5.74, 6) is 1.28. The van der Waals surface area contributed by atoms with Gasteiger partial charge in [0, 0.05) is 0 Å². The van der Waals surface area contributed by atoms with Gasteiger partial charge < -0.3 is 0 Å². The van der Waals surface area contributed by atoms with Gasteiger partial charge in [-0.3, -0.25) is 0 Å². The van der Waals surface area contributed by atoms with E-state index in [1.54, 1.807) is 24.3 Å². The van der Waals surface area contributed by atoms with E-state index < -0.39 is 21.1 Å². The molecule has 2 aromatic rings. The molecule has 2 aliphatic rings. The summed E-state index contributed by atoms with van der Waals surface area (Å²) in [6, 6.07) is 18.7. The van der Waals surface area contributed by atoms with E-state index in [9.17, 15) is 10.5 Å². The summed E-state index contributed by atoms with van der Waals surface area (Å²) < 4.78 is 13.6. The van der Waals surface area contributed by atoms with Gasteiger partial charge in [-0.2, -0.15) is 0 Å². The van der Waals surface area contributed by atoms with Crippen LogP contribution < -0.4 is 5.63 Å². The molecular formula is C24H18N2O2Zr. The number of nitriles is 2. The van der Waals surface area contributed by atoms with E-state index in [0.29, 0.717) is 22.6 Å². The third-order valence-corrected chi connectivity index (χ3v) is 14.1. The predicted octanol–water partition coefficient (Wildman–Crippen LogP) is 5.70. The van der Waals surface area contributed by atoms with Gasteiger partial charge in [-0.05, 0) is 0 Å². The van der Waals surface area contributed by atoms with Gasteiger partial charge in [-0.25, -0.2) is 0 Å². The fourth-order valence-electron chi connectivity index (χ4n) is 3.54. The van der Waals surface area contributed by atoms with Crippen LogP contribution in [0, 0.1) is 22.7 Å². The molecule has 0 radical (unpaired) electrons. The van der Waals surface area contributed by atoms with Crippen molar-refractivity contribution in [2.75, 3.05) is 0 Å². The van der Waals surface area contributed by atoms with Gasteiger partial charge in [-0.1, -0.05) is 0 Å². The molecule has 2 aliphatic carbocycles. The Morgan fingerprint density at radius 3 is 1.45 bits per heavy atom. The van der Waals surface area contributed by atoms with Gasteiger partial charge in [-0.15, -0.1) is 0 Å². The van der Waals surface area contributed by atoms with Crippen molar-refractivity contribution in [1.82, 2.24) is 0 Å². The third kappa shape index (κ3) is 4.02. The molecule has 0 amide bonds. The van der Waals surface area contributed by atoms with Gasteiger partial charge >= 0.3 is 176 Å². The minimum atomic E-state index is -4.04. The average molecular weight is 458 g/mol. The van der Waals surface area contributed by atoms with Crippen molar-refractivity contribution >= 4 is 0 Å². The Kier molecular flexibility index (Phi) is 5.61. The van der Waals surface area contributed by atoms with Gasteiger partial charge in [0.1, 0.15) is 0 Å². The van der Waals surface area contributed by atoms with Crippen molar-refractivity contribution in [1.29, 1.82) is 10.5 Å². The molecule has 4 rings (SSSR count). The Labute approximate surface area is 176 Å². The average Bonchev–Trinajstić information content (AvgIpc) is 3.48. The molecule has 0 heterocycles. The van der Waals surface area contributed by atoms with E-state index in [0.717, 1.165) is 0 Å². The van der Waals surface area contributed by atoms with Crippen LogP contribution in [0.15, 0.2) is 97.1 Å². The van der Waals surface area contributed by atoms with Crippen molar-refractivity contribution in [2.45, 2.75) is 7.25 Å². The number of rotatable bonds is 6. The fraction of sp³-hybridized carbons (Fsp3) is 0.0833. The minimum absolute atomic E-state index is 0.0400. The number of hydrogen-bond donors (Lipinski definition) is 0. The first kappa shape index (κ1) is 19.2. The van der Waals surface area contributed by atoms with Gasteiger partial charge in [0.2, 0.25) is 0 Å². The monoisotopic (exact) mass is 456 g/mol. The zero-order chi connectivity index (χ0) is 20.1. The maximum atomic E-state index is 9.28. The molecule has 140 valence electrons. The van der Waals surface area contributed by atoms with E-state index in [4.69, 9.17) is 5.63 Å². The zero-order valence-corrected chi connectivity index (χ0v) is 18.1. The van der Waals surface area contributed by atoms with Crippen LogP contribution in [0.1, 0.15) is 11.1 Å². The fourth-order valence-corrected chi connectivity index (χ4v) is 12.2. The summed E-state index contributed by atoms with van der Waals surface area (Å²) in [7, 11) is 0. The molecule has 0 atom stereocenters. The van der Waals surface area contributed by atoms with Crippen LogP contribution in [0.25, 0.3) is 0 Å². The van der Waals surface area contributed by atoms with Gasteiger partial charge in [0.25, 0.3) is 0 Å². The van der Waals surface area contributed by atoms with Crippen LogP contribution in [-0.2, 0) is 21.1 Å². The molecule has 0 saturated heterocycles. The van der Waals surface area contributed by atoms with Crippen LogP contribution in [-0.4, -0.2) is 0 Å². The first-order valence-electron chi connectivity index (χ1n) is 9.32. The summed E-state index contributed by atoms with van der Waals surface area (Å²) in [5.41, 5.74) is 1.09. The predicted molar refractivity (Wildman–Crippen MR) is 108 cm³/mol. The van der Waals surface area contributed by atoms with Gasteiger partial charge in [0.05, 0.1) is 0 Å². The van der Waals surface area contributed by atoms with Crippen LogP contribution in [0.4, 0.5) is 0 Å². The number of benzene rings is 2. The summed E-state index contributed by atoms with van der Waals surface area (Å²) in [4.78, 5) is 0. The molecule has 0 unspecified atom stereocenters. The second-order valence-electron chi connectivity index (χ2n) is 6.80. The first-order valence-corrected chi connectivity index (χ1v) is 14.2. The molecule has 29 heavy (non-hydrogen) atoms. The van der Waals surface area contributed by atoms with Crippen molar-refractivity contribution in [3.63, 3.8) is 0 Å². The molecule has 0 spiro atoms. The molecular weight excluding hydrogens is 440 g/mol. The molecule has 0 bridgehead atoms. The Morgan fingerprint density at radius 1 is 0.655 bits per heavy atom. The van der Waals surface area contributed by atoms with Crippen molar-refractivity contribution in [3.8, 4) is 23.6 Å². The Balaban J connectivity index is 1.81. The van der Waals surface area contributed by atoms with E-state index in [1.807, 2.05) is 48.6 Å². The van der Waals surface area contributed by atoms with E-state index in [2.05, 4.69) is 36.4 Å². The summed E-state index contributed by atoms with van der Waals surface area (Å²) in [6.45, 7) is 0. The Morgan fingerprint density at radius 2 is 1.07 bits per heavy atom. The third-order valence-electron chi connectivity index (χ3n) is 4.91. The van der Waals surface area contributed by atoms with Crippen molar-refractivity contribution < 1.29 is 26.8 Å². The molecule has 0 fully saturated rings. The molecule has 0 aliphatic heterocycles. The van der Waals surface area contributed by atoms with Crippen LogP contribution in [0.5, 0.6) is 11.5 Å². The summed E-state index contributed by atoms with van der Waals surface area (Å²) >= 11 is -4.04. The molecule has 4 nitrogen and oxygen atoms in total. The Bertz CT molecular complexity index is 1000. The van der Waals surface area contributed by atoms with Gasteiger partial charge in [0.15, 0.2) is 0 Å². The number of hydrogen-bond acceptors (Lipinski definition) is 4. The Hall–Kier alpha value is -3.14. The summed E-state index contributed by atoms with van der Waals surface area (Å²) in [5, 5.41) is 18.6. The zero-order valence-electron chi connectivity index (χ0n) is 15.6. The second-order valence-corrected chi connectivity index (χ2v) is 14.6. The SMILES string of the molecule is N#Cc1cccc([O][Zr]([O]c2cccc(C#N)c2)([CH]2C=CC=C2)[CH]2C=CC=C2)c1. The topological polar surface area (TPSA) is 66.0 Å². The van der Waals surface area contributed by atoms with Crippen molar-refractivity contribution in [3.05, 3.63) is 108 Å². The van der Waals surface area contributed by atoms with Crippen LogP contribution >= 0.6 is 0 Å². The standard InChI is InChI=1S/2C7H5NO.2C5H5.Zr/c2*8-5-6-2-1-3-7(9)4-6;2*1-2-4-5-3-1;/h2*1-4,9H;2*1-5H;/q;;;;+2/p-2. The van der Waals surface area contributed by atoms with Crippen LogP contribution in [0.3, 0.4) is 0 Å². The quantitative estimate of drug-likeness (QED) is 0.558. The molecule has 5 heteroatoms. The van der Waals surface area contributed by atoms with Crippen LogP contribution in [0.2, 0.25) is 7.25 Å². The van der Waals surface area contributed by atoms with E-state index in [1.165, 1.54) is 0 Å². The maximum absolute atomic E-state index is 9.28. The normalized spacial score (nSPS) is 15.4. The number of allylic oxidation sites excluding steroid dienone is 8. The molecule has 2 aromatic carbocycles. The second kappa shape index (κ2) is 8.48.